The van der Waals surface area contributed by atoms with Gasteiger partial charge in [-0.1, -0.05) is 41.9 Å². The predicted octanol–water partition coefficient (Wildman–Crippen LogP) is 1.40. The molecule has 0 bridgehead atoms. The Morgan fingerprint density at radius 2 is 1.59 bits per heavy atom. The summed E-state index contributed by atoms with van der Waals surface area (Å²) in [6, 6.07) is 9.12. The van der Waals surface area contributed by atoms with Gasteiger partial charge < -0.3 is 0 Å². The first-order chi connectivity index (χ1) is 8.04. The van der Waals surface area contributed by atoms with E-state index in [1.54, 1.807) is 19.2 Å². The summed E-state index contributed by atoms with van der Waals surface area (Å²) < 4.78 is 2.37. The molecule has 4 nitrogen and oxygen atoms in total. The van der Waals surface area contributed by atoms with E-state index >= 15 is 0 Å². The lowest BCUT2D eigenvalue weighted by Crippen LogP contribution is -2.38. The summed E-state index contributed by atoms with van der Waals surface area (Å²) in [6.45, 7) is 0. The smallest absolute Gasteiger partial charge is 0.295 e. The molecule has 0 fully saturated rings. The summed E-state index contributed by atoms with van der Waals surface area (Å²) in [4.78, 5) is 23.6. The Morgan fingerprint density at radius 1 is 1.00 bits per heavy atom. The van der Waals surface area contributed by atoms with Crippen LogP contribution in [0.2, 0.25) is 5.02 Å². The second-order valence-electron chi connectivity index (χ2n) is 3.73. The molecule has 0 saturated heterocycles. The van der Waals surface area contributed by atoms with Gasteiger partial charge in [0.05, 0.1) is 5.69 Å². The number of hydrogen-bond donors (Lipinski definition) is 0. The molecule has 0 amide bonds. The van der Waals surface area contributed by atoms with Gasteiger partial charge in [0, 0.05) is 19.7 Å². The highest BCUT2D eigenvalue weighted by Gasteiger charge is 2.14. The van der Waals surface area contributed by atoms with Crippen LogP contribution in [0.1, 0.15) is 0 Å². The number of hydrogen-bond acceptors (Lipinski definition) is 2. The lowest BCUT2D eigenvalue weighted by molar-refractivity contribution is 0.692. The van der Waals surface area contributed by atoms with Crippen molar-refractivity contribution in [3.8, 4) is 11.3 Å². The summed E-state index contributed by atoms with van der Waals surface area (Å²) >= 11 is 6.02. The van der Waals surface area contributed by atoms with E-state index in [-0.39, 0.29) is 5.02 Å². The van der Waals surface area contributed by atoms with Crippen molar-refractivity contribution >= 4 is 11.6 Å². The summed E-state index contributed by atoms with van der Waals surface area (Å²) in [5.74, 6) is 0. The minimum atomic E-state index is -0.478. The topological polar surface area (TPSA) is 44.0 Å². The van der Waals surface area contributed by atoms with E-state index < -0.39 is 11.2 Å². The van der Waals surface area contributed by atoms with Gasteiger partial charge in [-0.2, -0.15) is 0 Å². The van der Waals surface area contributed by atoms with Gasteiger partial charge >= 0.3 is 5.69 Å². The highest BCUT2D eigenvalue weighted by Crippen LogP contribution is 2.22. The fraction of sp³-hybridized carbons (Fsp3) is 0.167. The molecule has 5 heteroatoms. The largest absolute Gasteiger partial charge is 0.331 e. The molecule has 2 aromatic rings. The SMILES string of the molecule is Cn1c(-c2ccccc2)c(Cl)c(=O)n(C)c1=O. The van der Waals surface area contributed by atoms with E-state index in [1.165, 1.54) is 11.6 Å². The zero-order valence-electron chi connectivity index (χ0n) is 9.48. The maximum Gasteiger partial charge on any atom is 0.331 e. The molecule has 0 atom stereocenters. The normalized spacial score (nSPS) is 10.5. The van der Waals surface area contributed by atoms with Crippen LogP contribution in [0.4, 0.5) is 0 Å². The van der Waals surface area contributed by atoms with Gasteiger partial charge in [-0.3, -0.25) is 13.9 Å². The molecule has 1 aromatic carbocycles. The minimum Gasteiger partial charge on any atom is -0.295 e. The molecule has 0 aliphatic carbocycles. The Morgan fingerprint density at radius 3 is 2.18 bits per heavy atom. The van der Waals surface area contributed by atoms with E-state index in [1.807, 2.05) is 18.2 Å². The molecule has 0 radical (unpaired) electrons. The quantitative estimate of drug-likeness (QED) is 0.768. The Balaban J connectivity index is 2.90. The fourth-order valence-electron chi connectivity index (χ4n) is 1.72. The van der Waals surface area contributed by atoms with Gasteiger partial charge in [0.1, 0.15) is 5.02 Å². The van der Waals surface area contributed by atoms with Crippen LogP contribution < -0.4 is 11.2 Å². The summed E-state index contributed by atoms with van der Waals surface area (Å²) in [6.07, 6.45) is 0. The number of aromatic nitrogens is 2. The van der Waals surface area contributed by atoms with Crippen LogP contribution in [0.15, 0.2) is 39.9 Å². The van der Waals surface area contributed by atoms with Crippen molar-refractivity contribution in [3.05, 3.63) is 56.2 Å². The molecule has 0 unspecified atom stereocenters. The van der Waals surface area contributed by atoms with Crippen molar-refractivity contribution in [2.75, 3.05) is 0 Å². The van der Waals surface area contributed by atoms with Gasteiger partial charge in [0.25, 0.3) is 5.56 Å². The van der Waals surface area contributed by atoms with E-state index in [0.29, 0.717) is 5.69 Å². The summed E-state index contributed by atoms with van der Waals surface area (Å²) in [7, 11) is 3.00. The van der Waals surface area contributed by atoms with Gasteiger partial charge in [-0.25, -0.2) is 4.79 Å². The predicted molar refractivity (Wildman–Crippen MR) is 67.4 cm³/mol. The molecule has 2 rings (SSSR count). The lowest BCUT2D eigenvalue weighted by Gasteiger charge is -2.11. The first-order valence-corrected chi connectivity index (χ1v) is 5.42. The molecule has 1 aromatic heterocycles. The highest BCUT2D eigenvalue weighted by molar-refractivity contribution is 6.32. The monoisotopic (exact) mass is 250 g/mol. The Labute approximate surface area is 103 Å². The lowest BCUT2D eigenvalue weighted by atomic mass is 10.1. The van der Waals surface area contributed by atoms with Crippen LogP contribution in [0, 0.1) is 0 Å². The molecule has 0 N–H and O–H groups in total. The van der Waals surface area contributed by atoms with Crippen molar-refractivity contribution in [2.24, 2.45) is 14.1 Å². The zero-order chi connectivity index (χ0) is 12.6. The molecule has 17 heavy (non-hydrogen) atoms. The van der Waals surface area contributed by atoms with Crippen LogP contribution in [-0.4, -0.2) is 9.13 Å². The van der Waals surface area contributed by atoms with Gasteiger partial charge in [-0.15, -0.1) is 0 Å². The molecule has 0 aliphatic rings. The maximum atomic E-state index is 11.8. The second-order valence-corrected chi connectivity index (χ2v) is 4.11. The Bertz CT molecular complexity index is 634. The van der Waals surface area contributed by atoms with Crippen LogP contribution in [0.3, 0.4) is 0 Å². The van der Waals surface area contributed by atoms with Gasteiger partial charge in [0.15, 0.2) is 0 Å². The van der Waals surface area contributed by atoms with Crippen LogP contribution in [0.25, 0.3) is 11.3 Å². The van der Waals surface area contributed by atoms with E-state index in [0.717, 1.165) is 10.1 Å². The Hall–Kier alpha value is -1.81. The second kappa shape index (κ2) is 4.22. The number of nitrogens with zero attached hydrogens (tertiary/aromatic N) is 2. The van der Waals surface area contributed by atoms with Crippen LogP contribution in [0.5, 0.6) is 0 Å². The molecular weight excluding hydrogens is 240 g/mol. The van der Waals surface area contributed by atoms with Gasteiger partial charge in [0.2, 0.25) is 0 Å². The van der Waals surface area contributed by atoms with E-state index in [4.69, 9.17) is 11.6 Å². The molecule has 0 spiro atoms. The number of benzene rings is 1. The Kier molecular flexibility index (Phi) is 2.90. The average molecular weight is 251 g/mol. The molecule has 0 aliphatic heterocycles. The van der Waals surface area contributed by atoms with Crippen molar-refractivity contribution in [3.63, 3.8) is 0 Å². The summed E-state index contributed by atoms with van der Waals surface area (Å²) in [5.41, 5.74) is 0.321. The fourth-order valence-corrected chi connectivity index (χ4v) is 2.08. The van der Waals surface area contributed by atoms with E-state index in [2.05, 4.69) is 0 Å². The highest BCUT2D eigenvalue weighted by atomic mass is 35.5. The first kappa shape index (κ1) is 11.7. The van der Waals surface area contributed by atoms with Crippen LogP contribution in [-0.2, 0) is 14.1 Å². The third kappa shape index (κ3) is 1.80. The van der Waals surface area contributed by atoms with Crippen molar-refractivity contribution < 1.29 is 0 Å². The molecule has 0 saturated carbocycles. The average Bonchev–Trinajstić information content (AvgIpc) is 2.36. The molecule has 1 heterocycles. The number of rotatable bonds is 1. The molecular formula is C12H11ClN2O2. The van der Waals surface area contributed by atoms with Crippen molar-refractivity contribution in [1.29, 1.82) is 0 Å². The van der Waals surface area contributed by atoms with Gasteiger partial charge in [-0.05, 0) is 0 Å². The van der Waals surface area contributed by atoms with Crippen molar-refractivity contribution in [2.45, 2.75) is 0 Å². The van der Waals surface area contributed by atoms with Crippen LogP contribution >= 0.6 is 11.6 Å². The summed E-state index contributed by atoms with van der Waals surface area (Å²) in [5, 5.41) is 0.0563. The maximum absolute atomic E-state index is 11.8. The van der Waals surface area contributed by atoms with Crippen molar-refractivity contribution in [1.82, 2.24) is 9.13 Å². The zero-order valence-corrected chi connectivity index (χ0v) is 10.2. The standard InChI is InChI=1S/C12H11ClN2O2/c1-14-10(8-6-4-3-5-7-8)9(13)11(16)15(2)12(14)17/h3-7H,1-2H3. The van der Waals surface area contributed by atoms with E-state index in [9.17, 15) is 9.59 Å². The third-order valence-corrected chi connectivity index (χ3v) is 3.00. The first-order valence-electron chi connectivity index (χ1n) is 5.05. The number of halogens is 1. The minimum absolute atomic E-state index is 0.0563. The third-order valence-electron chi connectivity index (χ3n) is 2.66. The molecule has 88 valence electrons.